The lowest BCUT2D eigenvalue weighted by Gasteiger charge is -2.35. The van der Waals surface area contributed by atoms with Gasteiger partial charge >= 0.3 is 0 Å². The van der Waals surface area contributed by atoms with Crippen molar-refractivity contribution >= 4 is 0 Å². The average Bonchev–Trinajstić information content (AvgIpc) is 2.46. The van der Waals surface area contributed by atoms with E-state index in [1.807, 2.05) is 0 Å². The topological polar surface area (TPSA) is 23.5 Å². The summed E-state index contributed by atoms with van der Waals surface area (Å²) in [5, 5.41) is 9.40. The van der Waals surface area contributed by atoms with E-state index in [0.717, 1.165) is 19.5 Å². The zero-order valence-corrected chi connectivity index (χ0v) is 11.4. The molecular weight excluding hydrogens is 222 g/mol. The van der Waals surface area contributed by atoms with Crippen molar-refractivity contribution in [3.63, 3.8) is 0 Å². The lowest BCUT2D eigenvalue weighted by atomic mass is 9.96. The van der Waals surface area contributed by atoms with E-state index in [1.54, 1.807) is 0 Å². The van der Waals surface area contributed by atoms with E-state index in [-0.39, 0.29) is 0 Å². The van der Waals surface area contributed by atoms with E-state index in [1.165, 1.54) is 24.8 Å². The zero-order valence-electron chi connectivity index (χ0n) is 11.4. The first-order valence-corrected chi connectivity index (χ1v) is 7.21. The summed E-state index contributed by atoms with van der Waals surface area (Å²) in [5.41, 5.74) is 1.43. The maximum Gasteiger partial charge on any atom is 0.0586 e. The normalized spacial score (nSPS) is 22.9. The van der Waals surface area contributed by atoms with E-state index < -0.39 is 0 Å². The van der Waals surface area contributed by atoms with Gasteiger partial charge in [-0.05, 0) is 43.8 Å². The van der Waals surface area contributed by atoms with Crippen LogP contribution >= 0.6 is 0 Å². The Morgan fingerprint density at radius 3 is 2.78 bits per heavy atom. The molecule has 0 radical (unpaired) electrons. The van der Waals surface area contributed by atoms with Crippen LogP contribution in [0.25, 0.3) is 0 Å². The summed E-state index contributed by atoms with van der Waals surface area (Å²) in [6, 6.07) is 11.1. The first-order valence-electron chi connectivity index (χ1n) is 7.21. The van der Waals surface area contributed by atoms with Gasteiger partial charge in [0, 0.05) is 6.04 Å². The molecule has 2 atom stereocenters. The molecule has 1 saturated heterocycles. The lowest BCUT2D eigenvalue weighted by Crippen LogP contribution is -2.42. The minimum atomic E-state index is 0.319. The lowest BCUT2D eigenvalue weighted by molar-refractivity contribution is 0.0878. The number of likely N-dealkylation sites (tertiary alicyclic amines) is 1. The number of nitrogens with zero attached hydrogens (tertiary/aromatic N) is 1. The summed E-state index contributed by atoms with van der Waals surface area (Å²) < 4.78 is 0. The summed E-state index contributed by atoms with van der Waals surface area (Å²) in [4.78, 5) is 2.48. The molecular formula is C16H25NO. The van der Waals surface area contributed by atoms with Crippen molar-refractivity contribution in [2.75, 3.05) is 19.7 Å². The molecule has 1 aliphatic heterocycles. The maximum absolute atomic E-state index is 9.40. The van der Waals surface area contributed by atoms with Gasteiger partial charge in [-0.2, -0.15) is 0 Å². The van der Waals surface area contributed by atoms with Crippen LogP contribution in [0.4, 0.5) is 0 Å². The minimum absolute atomic E-state index is 0.319. The van der Waals surface area contributed by atoms with Crippen LogP contribution in [0.15, 0.2) is 30.3 Å². The molecule has 2 rings (SSSR count). The average molecular weight is 247 g/mol. The van der Waals surface area contributed by atoms with Crippen molar-refractivity contribution in [1.82, 2.24) is 4.90 Å². The molecule has 0 spiro atoms. The Kier molecular flexibility index (Phi) is 5.21. The highest BCUT2D eigenvalue weighted by Gasteiger charge is 2.21. The number of benzene rings is 1. The summed E-state index contributed by atoms with van der Waals surface area (Å²) in [7, 11) is 0. The van der Waals surface area contributed by atoms with Gasteiger partial charge in [0.05, 0.1) is 6.61 Å². The van der Waals surface area contributed by atoms with Crippen LogP contribution in [-0.4, -0.2) is 35.7 Å². The Morgan fingerprint density at radius 2 is 2.06 bits per heavy atom. The quantitative estimate of drug-likeness (QED) is 0.864. The molecule has 2 heteroatoms. The van der Waals surface area contributed by atoms with E-state index in [2.05, 4.69) is 42.2 Å². The maximum atomic E-state index is 9.40. The van der Waals surface area contributed by atoms with Crippen LogP contribution in [-0.2, 0) is 0 Å². The van der Waals surface area contributed by atoms with Gasteiger partial charge in [0.2, 0.25) is 0 Å². The van der Waals surface area contributed by atoms with Crippen LogP contribution in [0.1, 0.15) is 44.1 Å². The smallest absolute Gasteiger partial charge is 0.0586 e. The molecule has 100 valence electrons. The van der Waals surface area contributed by atoms with Crippen LogP contribution in [0.5, 0.6) is 0 Å². The number of piperidine rings is 1. The molecule has 0 bridgehead atoms. The number of hydrogen-bond acceptors (Lipinski definition) is 2. The Balaban J connectivity index is 1.83. The third kappa shape index (κ3) is 3.56. The Hall–Kier alpha value is -0.860. The minimum Gasteiger partial charge on any atom is -0.395 e. The first-order chi connectivity index (χ1) is 8.81. The molecule has 18 heavy (non-hydrogen) atoms. The first kappa shape index (κ1) is 13.6. The van der Waals surface area contributed by atoms with E-state index >= 15 is 0 Å². The molecule has 0 aliphatic carbocycles. The van der Waals surface area contributed by atoms with Crippen LogP contribution in [0.2, 0.25) is 0 Å². The molecule has 2 nitrogen and oxygen atoms in total. The van der Waals surface area contributed by atoms with Gasteiger partial charge in [0.1, 0.15) is 0 Å². The number of hydrogen-bond donors (Lipinski definition) is 1. The molecule has 1 N–H and O–H groups in total. The molecule has 1 fully saturated rings. The molecule has 1 aliphatic rings. The van der Waals surface area contributed by atoms with Crippen LogP contribution in [0, 0.1) is 0 Å². The van der Waals surface area contributed by atoms with Crippen LogP contribution in [0.3, 0.4) is 0 Å². The van der Waals surface area contributed by atoms with E-state index in [4.69, 9.17) is 0 Å². The molecule has 0 amide bonds. The summed E-state index contributed by atoms with van der Waals surface area (Å²) >= 11 is 0. The predicted octanol–water partition coefficient (Wildman–Crippen LogP) is 3.03. The van der Waals surface area contributed by atoms with Gasteiger partial charge in [-0.1, -0.05) is 43.7 Å². The van der Waals surface area contributed by atoms with Crippen molar-refractivity contribution in [3.8, 4) is 0 Å². The zero-order chi connectivity index (χ0) is 12.8. The van der Waals surface area contributed by atoms with Gasteiger partial charge in [-0.25, -0.2) is 0 Å². The number of aliphatic hydroxyl groups excluding tert-OH is 1. The molecule has 1 aromatic rings. The van der Waals surface area contributed by atoms with Crippen molar-refractivity contribution in [3.05, 3.63) is 35.9 Å². The van der Waals surface area contributed by atoms with Crippen molar-refractivity contribution in [2.45, 2.75) is 44.6 Å². The molecule has 1 heterocycles. The van der Waals surface area contributed by atoms with Gasteiger partial charge in [0.15, 0.2) is 0 Å². The second kappa shape index (κ2) is 6.91. The summed E-state index contributed by atoms with van der Waals surface area (Å²) in [6.07, 6.45) is 4.91. The van der Waals surface area contributed by atoms with E-state index in [0.29, 0.717) is 18.6 Å². The molecule has 1 aromatic carbocycles. The second-order valence-corrected chi connectivity index (χ2v) is 5.47. The fraction of sp³-hybridized carbons (Fsp3) is 0.625. The van der Waals surface area contributed by atoms with Gasteiger partial charge in [0.25, 0.3) is 0 Å². The highest BCUT2D eigenvalue weighted by molar-refractivity contribution is 5.18. The summed E-state index contributed by atoms with van der Waals surface area (Å²) in [5.74, 6) is 0.604. The highest BCUT2D eigenvalue weighted by atomic mass is 16.3. The number of rotatable bonds is 5. The van der Waals surface area contributed by atoms with Gasteiger partial charge < -0.3 is 5.11 Å². The molecule has 0 aromatic heterocycles. The monoisotopic (exact) mass is 247 g/mol. The largest absolute Gasteiger partial charge is 0.395 e. The Morgan fingerprint density at radius 1 is 1.28 bits per heavy atom. The van der Waals surface area contributed by atoms with Crippen molar-refractivity contribution in [2.24, 2.45) is 0 Å². The third-order valence-corrected chi connectivity index (χ3v) is 4.18. The van der Waals surface area contributed by atoms with E-state index in [9.17, 15) is 5.11 Å². The SMILES string of the molecule is CC(CCN1CCCCC1CO)c1ccccc1. The van der Waals surface area contributed by atoms with Gasteiger partial charge in [-0.15, -0.1) is 0 Å². The van der Waals surface area contributed by atoms with Crippen molar-refractivity contribution in [1.29, 1.82) is 0 Å². The Bertz CT molecular complexity index is 338. The van der Waals surface area contributed by atoms with Gasteiger partial charge in [-0.3, -0.25) is 4.90 Å². The molecule has 2 unspecified atom stereocenters. The Labute approximate surface area is 111 Å². The fourth-order valence-corrected chi connectivity index (χ4v) is 2.87. The predicted molar refractivity (Wildman–Crippen MR) is 75.8 cm³/mol. The van der Waals surface area contributed by atoms with Crippen LogP contribution < -0.4 is 0 Å². The fourth-order valence-electron chi connectivity index (χ4n) is 2.87. The standard InChI is InChI=1S/C16H25NO/c1-14(15-7-3-2-4-8-15)10-12-17-11-6-5-9-16(17)13-18/h2-4,7-8,14,16,18H,5-6,9-13H2,1H3. The number of aliphatic hydroxyl groups is 1. The molecule has 0 saturated carbocycles. The van der Waals surface area contributed by atoms with Crippen molar-refractivity contribution < 1.29 is 5.11 Å². The third-order valence-electron chi connectivity index (χ3n) is 4.18. The second-order valence-electron chi connectivity index (χ2n) is 5.47. The summed E-state index contributed by atoms with van der Waals surface area (Å²) in [6.45, 7) is 4.89. The highest BCUT2D eigenvalue weighted by Crippen LogP contribution is 2.22.